The molecule has 0 aromatic carbocycles. The van der Waals surface area contributed by atoms with Gasteiger partial charge in [-0.25, -0.2) is 4.79 Å². The number of hydrogen-bond acceptors (Lipinski definition) is 4. The average molecular weight is 281 g/mol. The highest BCUT2D eigenvalue weighted by Gasteiger charge is 2.32. The molecular weight excluding hydrogens is 262 g/mol. The van der Waals surface area contributed by atoms with Crippen LogP contribution in [0.4, 0.5) is 0 Å². The Kier molecular flexibility index (Phi) is 4.39. The lowest BCUT2D eigenvalue weighted by Crippen LogP contribution is -2.48. The first-order chi connectivity index (χ1) is 9.49. The third-order valence-corrected chi connectivity index (χ3v) is 3.57. The van der Waals surface area contributed by atoms with Crippen LogP contribution in [0, 0.1) is 12.8 Å². The van der Waals surface area contributed by atoms with Crippen molar-refractivity contribution < 1.29 is 19.4 Å². The predicted octanol–water partition coefficient (Wildman–Crippen LogP) is 0.338. The molecule has 7 heteroatoms. The minimum atomic E-state index is -1.04. The van der Waals surface area contributed by atoms with Crippen LogP contribution in [0.25, 0.3) is 0 Å². The van der Waals surface area contributed by atoms with Crippen LogP contribution in [0.3, 0.4) is 0 Å². The molecule has 0 radical (unpaired) electrons. The molecule has 0 bridgehead atoms. The van der Waals surface area contributed by atoms with E-state index in [0.717, 1.165) is 18.5 Å². The van der Waals surface area contributed by atoms with Gasteiger partial charge in [0.25, 0.3) is 5.91 Å². The van der Waals surface area contributed by atoms with E-state index in [9.17, 15) is 14.7 Å². The number of hydrogen-bond donors (Lipinski definition) is 2. The van der Waals surface area contributed by atoms with Gasteiger partial charge in [-0.2, -0.15) is 5.10 Å². The largest absolute Gasteiger partial charge is 0.480 e. The van der Waals surface area contributed by atoms with Gasteiger partial charge in [0.15, 0.2) is 0 Å². The third-order valence-electron chi connectivity index (χ3n) is 3.57. The molecule has 2 atom stereocenters. The van der Waals surface area contributed by atoms with E-state index in [1.54, 1.807) is 17.8 Å². The summed E-state index contributed by atoms with van der Waals surface area (Å²) in [6.07, 6.45) is 1.55. The summed E-state index contributed by atoms with van der Waals surface area (Å²) in [6, 6.07) is 0.691. The summed E-state index contributed by atoms with van der Waals surface area (Å²) in [7, 11) is 1.73. The van der Waals surface area contributed by atoms with Gasteiger partial charge >= 0.3 is 5.97 Å². The SMILES string of the molecule is Cc1cc(C(=O)NC(C(=O)O)C2CCCOC2)nn1C. The number of carbonyl (C=O) groups excluding carboxylic acids is 1. The summed E-state index contributed by atoms with van der Waals surface area (Å²) >= 11 is 0. The number of amides is 1. The summed E-state index contributed by atoms with van der Waals surface area (Å²) < 4.78 is 6.87. The maximum absolute atomic E-state index is 12.1. The van der Waals surface area contributed by atoms with Crippen molar-refractivity contribution in [1.82, 2.24) is 15.1 Å². The van der Waals surface area contributed by atoms with Gasteiger partial charge in [-0.05, 0) is 25.8 Å². The summed E-state index contributed by atoms with van der Waals surface area (Å²) in [4.78, 5) is 23.4. The molecule has 2 rings (SSSR count). The monoisotopic (exact) mass is 281 g/mol. The van der Waals surface area contributed by atoms with Gasteiger partial charge in [0.05, 0.1) is 6.61 Å². The number of aromatic nitrogens is 2. The second kappa shape index (κ2) is 6.04. The van der Waals surface area contributed by atoms with Crippen LogP contribution in [0.15, 0.2) is 6.07 Å². The van der Waals surface area contributed by atoms with Crippen molar-refractivity contribution in [3.63, 3.8) is 0 Å². The highest BCUT2D eigenvalue weighted by Crippen LogP contribution is 2.18. The van der Waals surface area contributed by atoms with E-state index < -0.39 is 17.9 Å². The highest BCUT2D eigenvalue weighted by molar-refractivity contribution is 5.95. The number of aliphatic carboxylic acids is 1. The lowest BCUT2D eigenvalue weighted by Gasteiger charge is -2.27. The maximum Gasteiger partial charge on any atom is 0.326 e. The van der Waals surface area contributed by atoms with Crippen LogP contribution in [-0.4, -0.2) is 46.0 Å². The summed E-state index contributed by atoms with van der Waals surface area (Å²) in [5.41, 5.74) is 1.07. The fourth-order valence-electron chi connectivity index (χ4n) is 2.30. The Morgan fingerprint density at radius 1 is 1.60 bits per heavy atom. The van der Waals surface area contributed by atoms with E-state index in [2.05, 4.69) is 10.4 Å². The molecule has 110 valence electrons. The minimum absolute atomic E-state index is 0.199. The fraction of sp³-hybridized carbons (Fsp3) is 0.615. The molecule has 7 nitrogen and oxygen atoms in total. The maximum atomic E-state index is 12.1. The van der Waals surface area contributed by atoms with Crippen LogP contribution in [0.2, 0.25) is 0 Å². The van der Waals surface area contributed by atoms with Crippen LogP contribution < -0.4 is 5.32 Å². The number of carboxylic acid groups (broad SMARTS) is 1. The molecule has 1 amide bonds. The van der Waals surface area contributed by atoms with E-state index in [0.29, 0.717) is 13.2 Å². The molecule has 2 N–H and O–H groups in total. The van der Waals surface area contributed by atoms with Gasteiger partial charge in [0.2, 0.25) is 0 Å². The number of aryl methyl sites for hydroxylation is 2. The Morgan fingerprint density at radius 3 is 2.85 bits per heavy atom. The van der Waals surface area contributed by atoms with Crippen LogP contribution in [-0.2, 0) is 16.6 Å². The van der Waals surface area contributed by atoms with Gasteiger partial charge in [0.1, 0.15) is 11.7 Å². The van der Waals surface area contributed by atoms with Crippen molar-refractivity contribution in [1.29, 1.82) is 0 Å². The molecule has 1 saturated heterocycles. The van der Waals surface area contributed by atoms with Gasteiger partial charge in [0, 0.05) is 25.3 Å². The van der Waals surface area contributed by atoms with Crippen LogP contribution in [0.5, 0.6) is 0 Å². The molecule has 1 aliphatic heterocycles. The fourth-order valence-corrected chi connectivity index (χ4v) is 2.30. The number of carbonyl (C=O) groups is 2. The minimum Gasteiger partial charge on any atom is -0.480 e. The second-order valence-corrected chi connectivity index (χ2v) is 5.06. The number of ether oxygens (including phenoxy) is 1. The number of rotatable bonds is 4. The van der Waals surface area contributed by atoms with Crippen molar-refractivity contribution in [3.05, 3.63) is 17.5 Å². The highest BCUT2D eigenvalue weighted by atomic mass is 16.5. The first kappa shape index (κ1) is 14.5. The number of carboxylic acids is 1. The molecule has 1 fully saturated rings. The first-order valence-corrected chi connectivity index (χ1v) is 6.61. The summed E-state index contributed by atoms with van der Waals surface area (Å²) in [5.74, 6) is -1.71. The quantitative estimate of drug-likeness (QED) is 0.830. The number of nitrogens with zero attached hydrogens (tertiary/aromatic N) is 2. The Morgan fingerprint density at radius 2 is 2.35 bits per heavy atom. The van der Waals surface area contributed by atoms with E-state index in [1.165, 1.54) is 0 Å². The van der Waals surface area contributed by atoms with Crippen molar-refractivity contribution in [3.8, 4) is 0 Å². The molecule has 0 spiro atoms. The first-order valence-electron chi connectivity index (χ1n) is 6.61. The van der Waals surface area contributed by atoms with Gasteiger partial charge in [-0.1, -0.05) is 0 Å². The van der Waals surface area contributed by atoms with Gasteiger partial charge < -0.3 is 15.2 Å². The number of nitrogens with one attached hydrogen (secondary N) is 1. The van der Waals surface area contributed by atoms with E-state index in [1.807, 2.05) is 6.92 Å². The van der Waals surface area contributed by atoms with Crippen molar-refractivity contribution >= 4 is 11.9 Å². The van der Waals surface area contributed by atoms with E-state index >= 15 is 0 Å². The molecule has 1 aromatic rings. The van der Waals surface area contributed by atoms with Crippen LogP contribution in [0.1, 0.15) is 29.0 Å². The molecule has 20 heavy (non-hydrogen) atoms. The van der Waals surface area contributed by atoms with Gasteiger partial charge in [-0.15, -0.1) is 0 Å². The Labute approximate surface area is 116 Å². The molecule has 2 unspecified atom stereocenters. The second-order valence-electron chi connectivity index (χ2n) is 5.06. The lowest BCUT2D eigenvalue weighted by atomic mass is 9.93. The molecule has 0 aliphatic carbocycles. The standard InChI is InChI=1S/C13H19N3O4/c1-8-6-10(15-16(8)2)12(17)14-11(13(18)19)9-4-3-5-20-7-9/h6,9,11H,3-5,7H2,1-2H3,(H,14,17)(H,18,19). The molecule has 0 saturated carbocycles. The zero-order valence-electron chi connectivity index (χ0n) is 11.6. The van der Waals surface area contributed by atoms with E-state index in [4.69, 9.17) is 4.74 Å². The Hall–Kier alpha value is -1.89. The van der Waals surface area contributed by atoms with Gasteiger partial charge in [-0.3, -0.25) is 9.48 Å². The molecule has 2 heterocycles. The predicted molar refractivity (Wildman–Crippen MR) is 70.4 cm³/mol. The lowest BCUT2D eigenvalue weighted by molar-refractivity contribution is -0.142. The Bertz CT molecular complexity index is 486. The topological polar surface area (TPSA) is 93.5 Å². The van der Waals surface area contributed by atoms with Crippen molar-refractivity contribution in [2.24, 2.45) is 13.0 Å². The molecule has 1 aromatic heterocycles. The summed E-state index contributed by atoms with van der Waals surface area (Å²) in [6.45, 7) is 2.84. The van der Waals surface area contributed by atoms with Crippen molar-refractivity contribution in [2.45, 2.75) is 25.8 Å². The smallest absolute Gasteiger partial charge is 0.326 e. The normalized spacial score (nSPS) is 20.4. The van der Waals surface area contributed by atoms with Crippen molar-refractivity contribution in [2.75, 3.05) is 13.2 Å². The average Bonchev–Trinajstić information content (AvgIpc) is 2.76. The van der Waals surface area contributed by atoms with E-state index in [-0.39, 0.29) is 11.6 Å². The van der Waals surface area contributed by atoms with Crippen LogP contribution >= 0.6 is 0 Å². The molecular formula is C13H19N3O4. The zero-order valence-corrected chi connectivity index (χ0v) is 11.6. The third kappa shape index (κ3) is 3.16. The zero-order chi connectivity index (χ0) is 14.7. The summed E-state index contributed by atoms with van der Waals surface area (Å²) in [5, 5.41) is 15.9. The molecule has 1 aliphatic rings. The Balaban J connectivity index is 2.07.